The van der Waals surface area contributed by atoms with Crippen LogP contribution in [-0.4, -0.2) is 20.1 Å². The molecule has 0 fully saturated rings. The fourth-order valence-corrected chi connectivity index (χ4v) is 1.34. The monoisotopic (exact) mass is 250 g/mol. The molecule has 0 saturated carbocycles. The van der Waals surface area contributed by atoms with Crippen LogP contribution in [0.2, 0.25) is 0 Å². The molecule has 0 aliphatic heterocycles. The third kappa shape index (κ3) is 4.59. The summed E-state index contributed by atoms with van der Waals surface area (Å²) < 4.78 is 44.7. The van der Waals surface area contributed by atoms with Gasteiger partial charge in [-0.05, 0) is 17.7 Å². The van der Waals surface area contributed by atoms with E-state index in [1.807, 2.05) is 0 Å². The van der Waals surface area contributed by atoms with E-state index in [0.29, 0.717) is 5.56 Å². The predicted molar refractivity (Wildman–Crippen MR) is 55.1 cm³/mol. The number of ether oxygens (including phenoxy) is 2. The van der Waals surface area contributed by atoms with Crippen LogP contribution in [0.1, 0.15) is 11.6 Å². The molecule has 0 aliphatic rings. The summed E-state index contributed by atoms with van der Waals surface area (Å²) in [5.74, 6) is 4.99. The van der Waals surface area contributed by atoms with Gasteiger partial charge >= 0.3 is 6.36 Å². The second kappa shape index (κ2) is 5.85. The van der Waals surface area contributed by atoms with Crippen molar-refractivity contribution < 1.29 is 22.6 Å². The molecule has 0 aromatic heterocycles. The molecule has 1 rings (SSSR count). The van der Waals surface area contributed by atoms with Crippen LogP contribution in [0.4, 0.5) is 13.2 Å². The normalized spacial score (nSPS) is 13.5. The maximum Gasteiger partial charge on any atom is 0.573 e. The highest BCUT2D eigenvalue weighted by Crippen LogP contribution is 2.25. The molecule has 0 heterocycles. The second-order valence-corrected chi connectivity index (χ2v) is 3.29. The summed E-state index contributed by atoms with van der Waals surface area (Å²) >= 11 is 0. The minimum atomic E-state index is -4.70. The number of nitrogens with two attached hydrogens (primary N) is 1. The summed E-state index contributed by atoms with van der Waals surface area (Å²) in [6.45, 7) is 0.242. The lowest BCUT2D eigenvalue weighted by Gasteiger charge is -2.16. The average molecular weight is 250 g/mol. The van der Waals surface area contributed by atoms with Crippen molar-refractivity contribution in [3.8, 4) is 5.75 Å². The Balaban J connectivity index is 2.84. The van der Waals surface area contributed by atoms with Gasteiger partial charge in [-0.25, -0.2) is 0 Å². The van der Waals surface area contributed by atoms with Gasteiger partial charge < -0.3 is 9.47 Å². The van der Waals surface area contributed by atoms with Crippen molar-refractivity contribution in [2.75, 3.05) is 13.7 Å². The Morgan fingerprint density at radius 3 is 2.65 bits per heavy atom. The molecule has 1 atom stereocenters. The first-order valence-electron chi connectivity index (χ1n) is 4.77. The van der Waals surface area contributed by atoms with E-state index in [4.69, 9.17) is 10.6 Å². The van der Waals surface area contributed by atoms with Gasteiger partial charge in [0.05, 0.1) is 12.6 Å². The lowest BCUT2D eigenvalue weighted by atomic mass is 10.1. The first kappa shape index (κ1) is 13.8. The number of methoxy groups -OCH3 is 1. The molecule has 1 aromatic rings. The smallest absolute Gasteiger partial charge is 0.406 e. The van der Waals surface area contributed by atoms with E-state index in [-0.39, 0.29) is 12.4 Å². The van der Waals surface area contributed by atoms with Crippen molar-refractivity contribution in [3.63, 3.8) is 0 Å². The van der Waals surface area contributed by atoms with Crippen LogP contribution in [0.15, 0.2) is 24.3 Å². The van der Waals surface area contributed by atoms with E-state index in [9.17, 15) is 13.2 Å². The minimum Gasteiger partial charge on any atom is -0.406 e. The summed E-state index contributed by atoms with van der Waals surface area (Å²) in [6, 6.07) is 5.18. The van der Waals surface area contributed by atoms with Crippen LogP contribution < -0.4 is 16.0 Å². The number of hydrazine groups is 1. The molecule has 1 unspecified atom stereocenters. The third-order valence-corrected chi connectivity index (χ3v) is 2.03. The van der Waals surface area contributed by atoms with Gasteiger partial charge in [0.1, 0.15) is 5.75 Å². The first-order valence-corrected chi connectivity index (χ1v) is 4.77. The van der Waals surface area contributed by atoms with E-state index in [0.717, 1.165) is 0 Å². The highest BCUT2D eigenvalue weighted by molar-refractivity contribution is 5.30. The number of halogens is 3. The van der Waals surface area contributed by atoms with E-state index < -0.39 is 12.4 Å². The topological polar surface area (TPSA) is 56.5 Å². The molecule has 96 valence electrons. The van der Waals surface area contributed by atoms with Gasteiger partial charge in [0.2, 0.25) is 0 Å². The van der Waals surface area contributed by atoms with Crippen molar-refractivity contribution in [1.82, 2.24) is 5.43 Å². The SMILES string of the molecule is COCC(NN)c1cccc(OC(F)(F)F)c1. The molecule has 0 spiro atoms. The highest BCUT2D eigenvalue weighted by atomic mass is 19.4. The average Bonchev–Trinajstić information content (AvgIpc) is 2.24. The lowest BCUT2D eigenvalue weighted by Crippen LogP contribution is -2.31. The van der Waals surface area contributed by atoms with Crippen LogP contribution in [0, 0.1) is 0 Å². The van der Waals surface area contributed by atoms with Crippen molar-refractivity contribution in [2.45, 2.75) is 12.4 Å². The third-order valence-electron chi connectivity index (χ3n) is 2.03. The van der Waals surface area contributed by atoms with E-state index in [1.54, 1.807) is 6.07 Å². The number of alkyl halides is 3. The molecule has 0 radical (unpaired) electrons. The van der Waals surface area contributed by atoms with Crippen LogP contribution in [0.25, 0.3) is 0 Å². The van der Waals surface area contributed by atoms with E-state index in [1.165, 1.54) is 25.3 Å². The Labute approximate surface area is 96.5 Å². The Bertz CT molecular complexity index is 358. The number of hydrogen-bond donors (Lipinski definition) is 2. The molecule has 7 heteroatoms. The van der Waals surface area contributed by atoms with Crippen molar-refractivity contribution in [1.29, 1.82) is 0 Å². The molecule has 0 aliphatic carbocycles. The summed E-state index contributed by atoms with van der Waals surface area (Å²) in [5.41, 5.74) is 3.00. The second-order valence-electron chi connectivity index (χ2n) is 3.29. The number of benzene rings is 1. The highest BCUT2D eigenvalue weighted by Gasteiger charge is 2.31. The van der Waals surface area contributed by atoms with Gasteiger partial charge in [-0.2, -0.15) is 0 Å². The predicted octanol–water partition coefficient (Wildman–Crippen LogP) is 1.74. The Morgan fingerprint density at radius 2 is 2.12 bits per heavy atom. The van der Waals surface area contributed by atoms with Crippen molar-refractivity contribution in [3.05, 3.63) is 29.8 Å². The molecule has 3 N–H and O–H groups in total. The number of rotatable bonds is 5. The van der Waals surface area contributed by atoms with Crippen LogP contribution in [0.3, 0.4) is 0 Å². The fraction of sp³-hybridized carbons (Fsp3) is 0.400. The van der Waals surface area contributed by atoms with E-state index in [2.05, 4.69) is 10.2 Å². The largest absolute Gasteiger partial charge is 0.573 e. The number of hydrogen-bond acceptors (Lipinski definition) is 4. The molecule has 0 amide bonds. The van der Waals surface area contributed by atoms with Gasteiger partial charge in [-0.1, -0.05) is 12.1 Å². The quantitative estimate of drug-likeness (QED) is 0.617. The molecular formula is C10H13F3N2O2. The van der Waals surface area contributed by atoms with Crippen LogP contribution >= 0.6 is 0 Å². The Hall–Kier alpha value is -1.31. The van der Waals surface area contributed by atoms with Gasteiger partial charge in [-0.15, -0.1) is 13.2 Å². The molecular weight excluding hydrogens is 237 g/mol. The van der Waals surface area contributed by atoms with Crippen LogP contribution in [-0.2, 0) is 4.74 Å². The molecule has 1 aromatic carbocycles. The fourth-order valence-electron chi connectivity index (χ4n) is 1.34. The maximum absolute atomic E-state index is 12.0. The molecule has 17 heavy (non-hydrogen) atoms. The summed E-state index contributed by atoms with van der Waals surface area (Å²) in [6.07, 6.45) is -4.70. The molecule has 4 nitrogen and oxygen atoms in total. The Kier molecular flexibility index (Phi) is 4.73. The van der Waals surface area contributed by atoms with Gasteiger partial charge in [0.15, 0.2) is 0 Å². The molecule has 0 bridgehead atoms. The number of nitrogens with one attached hydrogen (secondary N) is 1. The van der Waals surface area contributed by atoms with E-state index >= 15 is 0 Å². The standard InChI is InChI=1S/C10H13F3N2O2/c1-16-6-9(15-14)7-3-2-4-8(5-7)17-10(11,12)13/h2-5,9,15H,6,14H2,1H3. The lowest BCUT2D eigenvalue weighted by molar-refractivity contribution is -0.274. The first-order chi connectivity index (χ1) is 7.96. The summed E-state index contributed by atoms with van der Waals surface area (Å²) in [5, 5.41) is 0. The Morgan fingerprint density at radius 1 is 1.41 bits per heavy atom. The van der Waals surface area contributed by atoms with Gasteiger partial charge in [0.25, 0.3) is 0 Å². The van der Waals surface area contributed by atoms with Crippen LogP contribution in [0.5, 0.6) is 5.75 Å². The summed E-state index contributed by atoms with van der Waals surface area (Å²) in [4.78, 5) is 0. The summed E-state index contributed by atoms with van der Waals surface area (Å²) in [7, 11) is 1.47. The zero-order valence-electron chi connectivity index (χ0n) is 9.12. The molecule has 0 saturated heterocycles. The zero-order valence-corrected chi connectivity index (χ0v) is 9.12. The van der Waals surface area contributed by atoms with Gasteiger partial charge in [-0.3, -0.25) is 11.3 Å². The van der Waals surface area contributed by atoms with Gasteiger partial charge in [0, 0.05) is 7.11 Å². The van der Waals surface area contributed by atoms with Crippen molar-refractivity contribution >= 4 is 0 Å². The van der Waals surface area contributed by atoms with Crippen molar-refractivity contribution in [2.24, 2.45) is 5.84 Å². The minimum absolute atomic E-state index is 0.242. The maximum atomic E-state index is 12.0. The zero-order chi connectivity index (χ0) is 12.9.